The Labute approximate surface area is 94.7 Å². The minimum Gasteiger partial charge on any atom is -0.372 e. The molecule has 84 valence electrons. The third-order valence-corrected chi connectivity index (χ3v) is 4.16. The van der Waals surface area contributed by atoms with Crippen molar-refractivity contribution in [2.24, 2.45) is 5.73 Å². The maximum atomic E-state index is 6.06. The molecular formula is C11H18N2OS. The van der Waals surface area contributed by atoms with Crippen LogP contribution in [0.5, 0.6) is 0 Å². The van der Waals surface area contributed by atoms with E-state index in [0.717, 1.165) is 24.5 Å². The molecule has 2 rings (SSSR count). The van der Waals surface area contributed by atoms with E-state index in [0.29, 0.717) is 0 Å². The summed E-state index contributed by atoms with van der Waals surface area (Å²) in [7, 11) is 0. The molecule has 1 aliphatic carbocycles. The van der Waals surface area contributed by atoms with E-state index in [1.807, 2.05) is 6.92 Å². The molecule has 1 aromatic rings. The molecule has 0 spiro atoms. The molecule has 0 saturated heterocycles. The van der Waals surface area contributed by atoms with Crippen LogP contribution in [0.15, 0.2) is 0 Å². The second kappa shape index (κ2) is 4.60. The zero-order valence-corrected chi connectivity index (χ0v) is 10.1. The average molecular weight is 226 g/mol. The lowest BCUT2D eigenvalue weighted by atomic mass is 9.99. The standard InChI is InChI=1S/C11H18N2OS/c1-3-14-7(2)11-13-9-6-4-5-8(12)10(9)15-11/h7-8H,3-6,12H2,1-2H3. The zero-order chi connectivity index (χ0) is 10.8. The number of hydrogen-bond donors (Lipinski definition) is 1. The lowest BCUT2D eigenvalue weighted by molar-refractivity contribution is 0.0761. The van der Waals surface area contributed by atoms with E-state index in [1.165, 1.54) is 17.0 Å². The first kappa shape index (κ1) is 11.0. The summed E-state index contributed by atoms with van der Waals surface area (Å²) in [4.78, 5) is 5.91. The topological polar surface area (TPSA) is 48.1 Å². The second-order valence-electron chi connectivity index (χ2n) is 3.96. The van der Waals surface area contributed by atoms with Gasteiger partial charge in [0.15, 0.2) is 0 Å². The van der Waals surface area contributed by atoms with Gasteiger partial charge in [0.2, 0.25) is 0 Å². The number of hydrogen-bond acceptors (Lipinski definition) is 4. The fourth-order valence-corrected chi connectivity index (χ4v) is 3.12. The Morgan fingerprint density at radius 3 is 3.13 bits per heavy atom. The van der Waals surface area contributed by atoms with Crippen LogP contribution in [-0.4, -0.2) is 11.6 Å². The quantitative estimate of drug-likeness (QED) is 0.861. The monoisotopic (exact) mass is 226 g/mol. The maximum Gasteiger partial charge on any atom is 0.122 e. The first-order valence-corrected chi connectivity index (χ1v) is 6.40. The molecular weight excluding hydrogens is 208 g/mol. The van der Waals surface area contributed by atoms with E-state index >= 15 is 0 Å². The highest BCUT2D eigenvalue weighted by Gasteiger charge is 2.23. The summed E-state index contributed by atoms with van der Waals surface area (Å²) in [5.74, 6) is 0. The van der Waals surface area contributed by atoms with Gasteiger partial charge < -0.3 is 10.5 Å². The number of fused-ring (bicyclic) bond motifs is 1. The Morgan fingerprint density at radius 1 is 1.67 bits per heavy atom. The zero-order valence-electron chi connectivity index (χ0n) is 9.32. The molecule has 1 aromatic heterocycles. The molecule has 2 N–H and O–H groups in total. The molecule has 1 heterocycles. The minimum absolute atomic E-state index is 0.109. The molecule has 3 nitrogen and oxygen atoms in total. The molecule has 2 unspecified atom stereocenters. The molecule has 0 amide bonds. The van der Waals surface area contributed by atoms with E-state index in [2.05, 4.69) is 11.9 Å². The van der Waals surface area contributed by atoms with Crippen LogP contribution in [0.3, 0.4) is 0 Å². The molecule has 0 aliphatic heterocycles. The van der Waals surface area contributed by atoms with Crippen molar-refractivity contribution < 1.29 is 4.74 Å². The van der Waals surface area contributed by atoms with E-state index in [9.17, 15) is 0 Å². The van der Waals surface area contributed by atoms with Crippen molar-refractivity contribution in [3.8, 4) is 0 Å². The van der Waals surface area contributed by atoms with E-state index in [4.69, 9.17) is 10.5 Å². The SMILES string of the molecule is CCOC(C)c1nc2c(s1)C(N)CCC2. The van der Waals surface area contributed by atoms with Crippen LogP contribution in [0.4, 0.5) is 0 Å². The molecule has 2 atom stereocenters. The van der Waals surface area contributed by atoms with Gasteiger partial charge in [-0.3, -0.25) is 0 Å². The molecule has 0 bridgehead atoms. The number of thiazole rings is 1. The van der Waals surface area contributed by atoms with Gasteiger partial charge in [-0.1, -0.05) is 0 Å². The number of ether oxygens (including phenoxy) is 1. The van der Waals surface area contributed by atoms with Gasteiger partial charge in [-0.25, -0.2) is 4.98 Å². The highest BCUT2D eigenvalue weighted by atomic mass is 32.1. The Kier molecular flexibility index (Phi) is 3.38. The third kappa shape index (κ3) is 2.22. The summed E-state index contributed by atoms with van der Waals surface area (Å²) >= 11 is 1.73. The van der Waals surface area contributed by atoms with Gasteiger partial charge in [-0.2, -0.15) is 0 Å². The predicted molar refractivity (Wildman–Crippen MR) is 62.0 cm³/mol. The van der Waals surface area contributed by atoms with Gasteiger partial charge in [-0.05, 0) is 33.1 Å². The van der Waals surface area contributed by atoms with Gasteiger partial charge in [0.25, 0.3) is 0 Å². The summed E-state index contributed by atoms with van der Waals surface area (Å²) in [6.45, 7) is 4.80. The van der Waals surface area contributed by atoms with Crippen LogP contribution in [0, 0.1) is 0 Å². The average Bonchev–Trinajstić information content (AvgIpc) is 2.63. The molecule has 4 heteroatoms. The largest absolute Gasteiger partial charge is 0.372 e. The fraction of sp³-hybridized carbons (Fsp3) is 0.727. The first-order valence-electron chi connectivity index (χ1n) is 5.59. The van der Waals surface area contributed by atoms with Crippen LogP contribution in [-0.2, 0) is 11.2 Å². The van der Waals surface area contributed by atoms with E-state index in [1.54, 1.807) is 11.3 Å². The van der Waals surface area contributed by atoms with Crippen molar-refractivity contribution in [3.63, 3.8) is 0 Å². The number of aromatic nitrogens is 1. The number of nitrogens with two attached hydrogens (primary N) is 1. The second-order valence-corrected chi connectivity index (χ2v) is 5.02. The molecule has 15 heavy (non-hydrogen) atoms. The minimum atomic E-state index is 0.109. The summed E-state index contributed by atoms with van der Waals surface area (Å²) in [6.07, 6.45) is 3.45. The summed E-state index contributed by atoms with van der Waals surface area (Å²) in [5, 5.41) is 1.08. The molecule has 0 fully saturated rings. The number of aryl methyl sites for hydroxylation is 1. The molecule has 0 radical (unpaired) electrons. The summed E-state index contributed by atoms with van der Waals surface area (Å²) in [6, 6.07) is 0.203. The fourth-order valence-electron chi connectivity index (χ4n) is 1.97. The van der Waals surface area contributed by atoms with Crippen LogP contribution < -0.4 is 5.73 Å². The Hall–Kier alpha value is -0.450. The lowest BCUT2D eigenvalue weighted by Gasteiger charge is -2.15. The lowest BCUT2D eigenvalue weighted by Crippen LogP contribution is -2.15. The Morgan fingerprint density at radius 2 is 2.47 bits per heavy atom. The molecule has 0 saturated carbocycles. The van der Waals surface area contributed by atoms with Crippen molar-refractivity contribution in [3.05, 3.63) is 15.6 Å². The van der Waals surface area contributed by atoms with Crippen LogP contribution in [0.2, 0.25) is 0 Å². The maximum absolute atomic E-state index is 6.06. The van der Waals surface area contributed by atoms with Crippen molar-refractivity contribution >= 4 is 11.3 Å². The molecule has 1 aliphatic rings. The molecule has 0 aromatic carbocycles. The predicted octanol–water partition coefficient (Wildman–Crippen LogP) is 2.58. The van der Waals surface area contributed by atoms with Gasteiger partial charge in [0.1, 0.15) is 11.1 Å². The summed E-state index contributed by atoms with van der Waals surface area (Å²) in [5.41, 5.74) is 7.27. The van der Waals surface area contributed by atoms with E-state index < -0.39 is 0 Å². The summed E-state index contributed by atoms with van der Waals surface area (Å²) < 4.78 is 5.55. The Bertz CT molecular complexity index is 337. The van der Waals surface area contributed by atoms with E-state index in [-0.39, 0.29) is 12.1 Å². The normalized spacial score (nSPS) is 22.5. The third-order valence-electron chi connectivity index (χ3n) is 2.77. The van der Waals surface area contributed by atoms with Crippen molar-refractivity contribution in [1.29, 1.82) is 0 Å². The van der Waals surface area contributed by atoms with Gasteiger partial charge >= 0.3 is 0 Å². The number of rotatable bonds is 3. The van der Waals surface area contributed by atoms with Crippen LogP contribution in [0.1, 0.15) is 54.4 Å². The van der Waals surface area contributed by atoms with Gasteiger partial charge in [0.05, 0.1) is 5.69 Å². The van der Waals surface area contributed by atoms with Gasteiger partial charge in [0, 0.05) is 17.5 Å². The first-order chi connectivity index (χ1) is 7.22. The van der Waals surface area contributed by atoms with Crippen molar-refractivity contribution in [1.82, 2.24) is 4.98 Å². The van der Waals surface area contributed by atoms with Crippen molar-refractivity contribution in [2.75, 3.05) is 6.61 Å². The van der Waals surface area contributed by atoms with Crippen LogP contribution in [0.25, 0.3) is 0 Å². The highest BCUT2D eigenvalue weighted by Crippen LogP contribution is 2.35. The highest BCUT2D eigenvalue weighted by molar-refractivity contribution is 7.11. The van der Waals surface area contributed by atoms with Crippen LogP contribution >= 0.6 is 11.3 Å². The number of nitrogens with zero attached hydrogens (tertiary/aromatic N) is 1. The van der Waals surface area contributed by atoms with Gasteiger partial charge in [-0.15, -0.1) is 11.3 Å². The Balaban J connectivity index is 2.21. The smallest absolute Gasteiger partial charge is 0.122 e. The van der Waals surface area contributed by atoms with Crippen molar-refractivity contribution in [2.45, 2.75) is 45.3 Å².